The lowest BCUT2D eigenvalue weighted by molar-refractivity contribution is -0.0478. The normalized spacial score (nSPS) is 51.4. The van der Waals surface area contributed by atoms with E-state index in [4.69, 9.17) is 0 Å². The molecular formula is C21H33NO2. The van der Waals surface area contributed by atoms with E-state index in [-0.39, 0.29) is 6.10 Å². The van der Waals surface area contributed by atoms with Crippen LogP contribution >= 0.6 is 0 Å². The maximum atomic E-state index is 10.1. The summed E-state index contributed by atoms with van der Waals surface area (Å²) in [5.41, 5.74) is 3.14. The van der Waals surface area contributed by atoms with Crippen LogP contribution in [0.2, 0.25) is 0 Å². The third-order valence-electron chi connectivity index (χ3n) is 8.75. The topological polar surface area (TPSA) is 52.8 Å². The van der Waals surface area contributed by atoms with Gasteiger partial charge in [0, 0.05) is 5.92 Å². The molecule has 3 saturated carbocycles. The van der Waals surface area contributed by atoms with Crippen LogP contribution in [0.4, 0.5) is 0 Å². The molecule has 0 amide bonds. The molecule has 7 atom stereocenters. The van der Waals surface area contributed by atoms with E-state index in [1.807, 2.05) is 6.92 Å². The quantitative estimate of drug-likeness (QED) is 0.314. The van der Waals surface area contributed by atoms with Crippen LogP contribution in [0.5, 0.6) is 0 Å². The molecule has 0 bridgehead atoms. The third kappa shape index (κ3) is 2.16. The van der Waals surface area contributed by atoms with Gasteiger partial charge >= 0.3 is 0 Å². The van der Waals surface area contributed by atoms with Crippen molar-refractivity contribution in [1.29, 1.82) is 0 Å². The molecule has 4 aliphatic carbocycles. The Balaban J connectivity index is 1.65. The minimum absolute atomic E-state index is 0.210. The van der Waals surface area contributed by atoms with Crippen molar-refractivity contribution in [3.05, 3.63) is 11.6 Å². The minimum Gasteiger partial charge on any atom is -0.411 e. The second-order valence-electron chi connectivity index (χ2n) is 9.55. The first-order valence-corrected chi connectivity index (χ1v) is 9.98. The molecule has 2 N–H and O–H groups in total. The van der Waals surface area contributed by atoms with Crippen LogP contribution in [-0.2, 0) is 0 Å². The second kappa shape index (κ2) is 5.59. The van der Waals surface area contributed by atoms with Crippen LogP contribution in [0, 0.1) is 34.5 Å². The Labute approximate surface area is 146 Å². The second-order valence-corrected chi connectivity index (χ2v) is 9.55. The summed E-state index contributed by atoms with van der Waals surface area (Å²) < 4.78 is 0. The fraction of sp³-hybridized carbons (Fsp3) is 0.857. The van der Waals surface area contributed by atoms with Crippen molar-refractivity contribution in [3.8, 4) is 0 Å². The van der Waals surface area contributed by atoms with Crippen LogP contribution in [0.1, 0.15) is 72.1 Å². The summed E-state index contributed by atoms with van der Waals surface area (Å²) in [4.78, 5) is 0. The Morgan fingerprint density at radius 1 is 1.08 bits per heavy atom. The van der Waals surface area contributed by atoms with E-state index in [1.54, 1.807) is 5.57 Å². The zero-order chi connectivity index (χ0) is 17.1. The van der Waals surface area contributed by atoms with E-state index in [0.29, 0.717) is 16.7 Å². The van der Waals surface area contributed by atoms with Crippen molar-refractivity contribution >= 4 is 5.71 Å². The number of aliphatic hydroxyl groups is 1. The van der Waals surface area contributed by atoms with Crippen molar-refractivity contribution in [2.24, 2.45) is 39.7 Å². The molecule has 24 heavy (non-hydrogen) atoms. The molecule has 0 aliphatic heterocycles. The molecule has 3 fully saturated rings. The van der Waals surface area contributed by atoms with Crippen molar-refractivity contribution in [2.75, 3.05) is 0 Å². The molecule has 3 nitrogen and oxygen atoms in total. The highest BCUT2D eigenvalue weighted by molar-refractivity contribution is 5.84. The smallest absolute Gasteiger partial charge is 0.0724 e. The molecule has 0 aromatic carbocycles. The molecular weight excluding hydrogens is 298 g/mol. The summed E-state index contributed by atoms with van der Waals surface area (Å²) in [6.07, 6.45) is 11.6. The molecule has 0 heterocycles. The average molecular weight is 332 g/mol. The lowest BCUT2D eigenvalue weighted by Gasteiger charge is -2.58. The molecule has 0 spiro atoms. The van der Waals surface area contributed by atoms with Crippen molar-refractivity contribution in [2.45, 2.75) is 78.2 Å². The first-order valence-electron chi connectivity index (χ1n) is 9.98. The van der Waals surface area contributed by atoms with Gasteiger partial charge in [0.2, 0.25) is 0 Å². The Morgan fingerprint density at radius 2 is 1.88 bits per heavy atom. The Kier molecular flexibility index (Phi) is 3.87. The van der Waals surface area contributed by atoms with Gasteiger partial charge in [0.15, 0.2) is 0 Å². The van der Waals surface area contributed by atoms with Crippen LogP contribution in [0.3, 0.4) is 0 Å². The highest BCUT2D eigenvalue weighted by atomic mass is 16.4. The number of hydrogen-bond donors (Lipinski definition) is 2. The summed E-state index contributed by atoms with van der Waals surface area (Å²) in [6, 6.07) is 0. The van der Waals surface area contributed by atoms with Crippen LogP contribution < -0.4 is 0 Å². The fourth-order valence-corrected chi connectivity index (χ4v) is 7.47. The molecule has 0 aromatic heterocycles. The van der Waals surface area contributed by atoms with Crippen molar-refractivity contribution in [1.82, 2.24) is 0 Å². The van der Waals surface area contributed by atoms with E-state index in [9.17, 15) is 10.3 Å². The molecule has 0 aromatic rings. The number of aliphatic hydroxyl groups excluding tert-OH is 1. The SMILES string of the molecule is C/C(=N\O)[C@H]1CC[C@H]2[C@@H]3CCC4=CC(O)CC[C@]4(C)[C@H]3CC[C@]12C. The monoisotopic (exact) mass is 331 g/mol. The number of nitrogens with zero attached hydrogens (tertiary/aromatic N) is 1. The molecule has 0 saturated heterocycles. The number of allylic oxidation sites excluding steroid dienone is 1. The first kappa shape index (κ1) is 16.6. The van der Waals surface area contributed by atoms with Gasteiger partial charge < -0.3 is 10.3 Å². The fourth-order valence-electron chi connectivity index (χ4n) is 7.47. The maximum Gasteiger partial charge on any atom is 0.0724 e. The Morgan fingerprint density at radius 3 is 2.62 bits per heavy atom. The van der Waals surface area contributed by atoms with E-state index < -0.39 is 0 Å². The number of rotatable bonds is 1. The lowest BCUT2D eigenvalue weighted by atomic mass is 9.46. The van der Waals surface area contributed by atoms with Gasteiger partial charge in [-0.1, -0.05) is 30.7 Å². The van der Waals surface area contributed by atoms with Crippen molar-refractivity contribution < 1.29 is 10.3 Å². The van der Waals surface area contributed by atoms with Gasteiger partial charge in [-0.05, 0) is 86.9 Å². The molecule has 4 aliphatic rings. The number of hydrogen-bond acceptors (Lipinski definition) is 3. The van der Waals surface area contributed by atoms with Crippen LogP contribution in [0.25, 0.3) is 0 Å². The summed E-state index contributed by atoms with van der Waals surface area (Å²) in [6.45, 7) is 6.96. The summed E-state index contributed by atoms with van der Waals surface area (Å²) in [5, 5.41) is 22.9. The molecule has 134 valence electrons. The van der Waals surface area contributed by atoms with Crippen molar-refractivity contribution in [3.63, 3.8) is 0 Å². The number of fused-ring (bicyclic) bond motifs is 5. The molecule has 4 rings (SSSR count). The maximum absolute atomic E-state index is 10.1. The van der Waals surface area contributed by atoms with E-state index in [0.717, 1.165) is 36.3 Å². The van der Waals surface area contributed by atoms with Gasteiger partial charge in [-0.25, -0.2) is 0 Å². The summed E-state index contributed by atoms with van der Waals surface area (Å²) in [7, 11) is 0. The van der Waals surface area contributed by atoms with Gasteiger partial charge in [0.05, 0.1) is 11.8 Å². The predicted octanol–water partition coefficient (Wildman–Crippen LogP) is 4.78. The zero-order valence-electron chi connectivity index (χ0n) is 15.5. The van der Waals surface area contributed by atoms with Gasteiger partial charge in [-0.2, -0.15) is 0 Å². The van der Waals surface area contributed by atoms with E-state index >= 15 is 0 Å². The first-order chi connectivity index (χ1) is 11.4. The summed E-state index contributed by atoms with van der Waals surface area (Å²) >= 11 is 0. The van der Waals surface area contributed by atoms with Gasteiger partial charge in [-0.3, -0.25) is 0 Å². The Bertz CT molecular complexity index is 582. The molecule has 3 heteroatoms. The summed E-state index contributed by atoms with van der Waals surface area (Å²) in [5.74, 6) is 2.85. The zero-order valence-corrected chi connectivity index (χ0v) is 15.5. The van der Waals surface area contributed by atoms with Crippen LogP contribution in [0.15, 0.2) is 16.8 Å². The standard InChI is InChI=1S/C21H33NO2/c1-13(22-24)17-6-7-18-16-5-4-14-12-15(23)8-10-20(14,2)19(16)9-11-21(17,18)3/h12,15-19,23-24H,4-11H2,1-3H3/b22-13+/t15?,16-,17+,18-,19-,20-,21+/m0/s1. The van der Waals surface area contributed by atoms with E-state index in [2.05, 4.69) is 25.1 Å². The van der Waals surface area contributed by atoms with Crippen LogP contribution in [-0.4, -0.2) is 22.1 Å². The minimum atomic E-state index is -0.210. The lowest BCUT2D eigenvalue weighted by Crippen LogP contribution is -2.51. The number of oxime groups is 1. The molecule has 1 unspecified atom stereocenters. The van der Waals surface area contributed by atoms with E-state index in [1.165, 1.54) is 38.5 Å². The highest BCUT2D eigenvalue weighted by Gasteiger charge is 2.59. The van der Waals surface area contributed by atoms with Gasteiger partial charge in [0.1, 0.15) is 0 Å². The van der Waals surface area contributed by atoms with Gasteiger partial charge in [-0.15, -0.1) is 0 Å². The third-order valence-corrected chi connectivity index (χ3v) is 8.75. The van der Waals surface area contributed by atoms with Gasteiger partial charge in [0.25, 0.3) is 0 Å². The predicted molar refractivity (Wildman–Crippen MR) is 96.1 cm³/mol. The Hall–Kier alpha value is -0.830. The molecule has 0 radical (unpaired) electrons. The highest BCUT2D eigenvalue weighted by Crippen LogP contribution is 2.66. The largest absolute Gasteiger partial charge is 0.411 e. The average Bonchev–Trinajstić information content (AvgIpc) is 2.92.